The van der Waals surface area contributed by atoms with Gasteiger partial charge in [-0.05, 0) is 17.5 Å². The summed E-state index contributed by atoms with van der Waals surface area (Å²) in [6.45, 7) is 0. The number of hydrogen-bond acceptors (Lipinski definition) is 4. The summed E-state index contributed by atoms with van der Waals surface area (Å²) in [7, 11) is 0. The lowest BCUT2D eigenvalue weighted by molar-refractivity contribution is -0.126. The van der Waals surface area contributed by atoms with E-state index in [-0.39, 0.29) is 5.91 Å². The van der Waals surface area contributed by atoms with E-state index in [0.717, 1.165) is 10.8 Å². The van der Waals surface area contributed by atoms with Gasteiger partial charge in [0.15, 0.2) is 0 Å². The van der Waals surface area contributed by atoms with Crippen LogP contribution < -0.4 is 4.90 Å². The average molecular weight is 377 g/mol. The maximum absolute atomic E-state index is 13.2. The third kappa shape index (κ3) is 2.28. The Morgan fingerprint density at radius 3 is 2.48 bits per heavy atom. The standard InChI is InChI=1S/C21H13ClN2O3/c22-15-10-4-3-9-14(15)18-17-19(27-23-18)21(26)24(20(17)25)16-11-5-7-12-6-1-2-8-13(12)16/h1-11,17,19H/t17-,19-/m0/s1. The van der Waals surface area contributed by atoms with Gasteiger partial charge in [0, 0.05) is 16.0 Å². The number of anilines is 1. The van der Waals surface area contributed by atoms with E-state index >= 15 is 0 Å². The molecule has 2 amide bonds. The highest BCUT2D eigenvalue weighted by molar-refractivity contribution is 6.38. The van der Waals surface area contributed by atoms with Crippen molar-refractivity contribution in [1.82, 2.24) is 0 Å². The van der Waals surface area contributed by atoms with Crippen LogP contribution in [0.4, 0.5) is 5.69 Å². The van der Waals surface area contributed by atoms with E-state index < -0.39 is 17.9 Å². The molecule has 3 aromatic carbocycles. The zero-order valence-electron chi connectivity index (χ0n) is 14.0. The molecule has 0 saturated carbocycles. The quantitative estimate of drug-likeness (QED) is 0.639. The van der Waals surface area contributed by atoms with Crippen LogP contribution in [0, 0.1) is 5.92 Å². The number of carbonyl (C=O) groups excluding carboxylic acids is 2. The Kier molecular flexibility index (Phi) is 3.52. The Morgan fingerprint density at radius 1 is 0.889 bits per heavy atom. The summed E-state index contributed by atoms with van der Waals surface area (Å²) < 4.78 is 0. The Bertz CT molecular complexity index is 1140. The lowest BCUT2D eigenvalue weighted by Crippen LogP contribution is -2.33. The molecule has 6 heteroatoms. The molecule has 3 aromatic rings. The van der Waals surface area contributed by atoms with E-state index in [1.54, 1.807) is 30.3 Å². The molecule has 5 rings (SSSR count). The number of halogens is 1. The first-order valence-electron chi connectivity index (χ1n) is 8.51. The normalized spacial score (nSPS) is 21.4. The van der Waals surface area contributed by atoms with E-state index in [2.05, 4.69) is 5.16 Å². The van der Waals surface area contributed by atoms with Gasteiger partial charge >= 0.3 is 0 Å². The minimum atomic E-state index is -0.956. The molecule has 0 N–H and O–H groups in total. The van der Waals surface area contributed by atoms with Gasteiger partial charge in [-0.3, -0.25) is 9.59 Å². The Morgan fingerprint density at radius 2 is 1.63 bits per heavy atom. The predicted molar refractivity (Wildman–Crippen MR) is 103 cm³/mol. The minimum absolute atomic E-state index is 0.350. The van der Waals surface area contributed by atoms with Crippen molar-refractivity contribution in [2.24, 2.45) is 11.1 Å². The number of oxime groups is 1. The van der Waals surface area contributed by atoms with E-state index in [4.69, 9.17) is 16.4 Å². The van der Waals surface area contributed by atoms with Crippen LogP contribution in [0.15, 0.2) is 71.9 Å². The zero-order valence-corrected chi connectivity index (χ0v) is 14.8. The van der Waals surface area contributed by atoms with Gasteiger partial charge < -0.3 is 4.84 Å². The molecule has 0 spiro atoms. The molecule has 2 aliphatic rings. The summed E-state index contributed by atoms with van der Waals surface area (Å²) in [5.74, 6) is -1.55. The summed E-state index contributed by atoms with van der Waals surface area (Å²) in [4.78, 5) is 32.8. The molecule has 0 unspecified atom stereocenters. The number of imide groups is 1. The molecular formula is C21H13ClN2O3. The Hall–Kier alpha value is -3.18. The van der Waals surface area contributed by atoms with Crippen LogP contribution >= 0.6 is 11.6 Å². The van der Waals surface area contributed by atoms with E-state index in [1.807, 2.05) is 36.4 Å². The third-order valence-corrected chi connectivity index (χ3v) is 5.30. The topological polar surface area (TPSA) is 59.0 Å². The number of benzene rings is 3. The van der Waals surface area contributed by atoms with Crippen LogP contribution in [0.5, 0.6) is 0 Å². The fraction of sp³-hybridized carbons (Fsp3) is 0.0952. The first kappa shape index (κ1) is 16.0. The SMILES string of the molecule is O=C1[C@H]2C(c3ccccc3Cl)=NO[C@@H]2C(=O)N1c1cccc2ccccc12. The highest BCUT2D eigenvalue weighted by Crippen LogP contribution is 2.38. The molecule has 0 aromatic heterocycles. The summed E-state index contributed by atoms with van der Waals surface area (Å²) in [5, 5.41) is 6.25. The van der Waals surface area contributed by atoms with Gasteiger partial charge in [-0.2, -0.15) is 0 Å². The maximum atomic E-state index is 13.2. The lowest BCUT2D eigenvalue weighted by Gasteiger charge is -2.17. The van der Waals surface area contributed by atoms with Gasteiger partial charge in [0.05, 0.1) is 5.69 Å². The number of hydrogen-bond donors (Lipinski definition) is 0. The molecule has 5 nitrogen and oxygen atoms in total. The number of fused-ring (bicyclic) bond motifs is 2. The Balaban J connectivity index is 1.61. The second-order valence-corrected chi connectivity index (χ2v) is 6.88. The van der Waals surface area contributed by atoms with Crippen molar-refractivity contribution >= 4 is 45.6 Å². The Labute approximate surface area is 159 Å². The van der Waals surface area contributed by atoms with Gasteiger partial charge in [-0.25, -0.2) is 4.90 Å². The van der Waals surface area contributed by atoms with Gasteiger partial charge in [0.1, 0.15) is 11.6 Å². The molecule has 1 saturated heterocycles. The molecule has 132 valence electrons. The molecule has 0 aliphatic carbocycles. The van der Waals surface area contributed by atoms with Crippen molar-refractivity contribution in [2.75, 3.05) is 4.90 Å². The predicted octanol–water partition coefficient (Wildman–Crippen LogP) is 3.79. The second kappa shape index (κ2) is 5.93. The first-order valence-corrected chi connectivity index (χ1v) is 8.89. The van der Waals surface area contributed by atoms with E-state index in [9.17, 15) is 9.59 Å². The van der Waals surface area contributed by atoms with Crippen LogP contribution in [-0.2, 0) is 14.4 Å². The molecule has 2 atom stereocenters. The molecule has 0 radical (unpaired) electrons. The summed E-state index contributed by atoms with van der Waals surface area (Å²) in [6, 6.07) is 20.3. The first-order chi connectivity index (χ1) is 13.2. The lowest BCUT2D eigenvalue weighted by atomic mass is 9.94. The van der Waals surface area contributed by atoms with E-state index in [0.29, 0.717) is 22.0 Å². The van der Waals surface area contributed by atoms with Gasteiger partial charge in [0.25, 0.3) is 5.91 Å². The molecule has 0 bridgehead atoms. The van der Waals surface area contributed by atoms with Crippen molar-refractivity contribution in [3.05, 3.63) is 77.3 Å². The van der Waals surface area contributed by atoms with Crippen molar-refractivity contribution in [3.8, 4) is 0 Å². The van der Waals surface area contributed by atoms with Gasteiger partial charge in [-0.1, -0.05) is 71.4 Å². The minimum Gasteiger partial charge on any atom is -0.381 e. The monoisotopic (exact) mass is 376 g/mol. The third-order valence-electron chi connectivity index (χ3n) is 4.97. The van der Waals surface area contributed by atoms with Crippen LogP contribution in [0.2, 0.25) is 5.02 Å². The molecule has 2 heterocycles. The number of rotatable bonds is 2. The van der Waals surface area contributed by atoms with Crippen molar-refractivity contribution in [1.29, 1.82) is 0 Å². The molecular weight excluding hydrogens is 364 g/mol. The van der Waals surface area contributed by atoms with Crippen molar-refractivity contribution in [3.63, 3.8) is 0 Å². The van der Waals surface area contributed by atoms with E-state index in [1.165, 1.54) is 4.90 Å². The molecule has 2 aliphatic heterocycles. The zero-order chi connectivity index (χ0) is 18.5. The fourth-order valence-corrected chi connectivity index (χ4v) is 3.94. The van der Waals surface area contributed by atoms with Crippen LogP contribution in [0.1, 0.15) is 5.56 Å². The smallest absolute Gasteiger partial charge is 0.278 e. The summed E-state index contributed by atoms with van der Waals surface area (Å²) in [5.41, 5.74) is 1.55. The molecule has 1 fully saturated rings. The summed E-state index contributed by atoms with van der Waals surface area (Å²) in [6.07, 6.45) is -0.956. The summed E-state index contributed by atoms with van der Waals surface area (Å²) >= 11 is 6.26. The number of carbonyl (C=O) groups is 2. The van der Waals surface area contributed by atoms with Crippen LogP contribution in [0.3, 0.4) is 0 Å². The highest BCUT2D eigenvalue weighted by atomic mass is 35.5. The largest absolute Gasteiger partial charge is 0.381 e. The van der Waals surface area contributed by atoms with Gasteiger partial charge in [0.2, 0.25) is 12.0 Å². The van der Waals surface area contributed by atoms with Crippen LogP contribution in [-0.4, -0.2) is 23.6 Å². The van der Waals surface area contributed by atoms with Crippen LogP contribution in [0.25, 0.3) is 10.8 Å². The highest BCUT2D eigenvalue weighted by Gasteiger charge is 2.56. The fourth-order valence-electron chi connectivity index (χ4n) is 3.71. The number of amides is 2. The second-order valence-electron chi connectivity index (χ2n) is 6.47. The van der Waals surface area contributed by atoms with Crippen molar-refractivity contribution < 1.29 is 14.4 Å². The van der Waals surface area contributed by atoms with Crippen molar-refractivity contribution in [2.45, 2.75) is 6.10 Å². The molecule has 27 heavy (non-hydrogen) atoms. The number of nitrogens with zero attached hydrogens (tertiary/aromatic N) is 2. The average Bonchev–Trinajstić information content (AvgIpc) is 3.22. The maximum Gasteiger partial charge on any atom is 0.278 e. The van der Waals surface area contributed by atoms with Gasteiger partial charge in [-0.15, -0.1) is 0 Å².